The van der Waals surface area contributed by atoms with Crippen LogP contribution >= 0.6 is 0 Å². The van der Waals surface area contributed by atoms with E-state index < -0.39 is 10.0 Å². The zero-order valence-electron chi connectivity index (χ0n) is 13.6. The van der Waals surface area contributed by atoms with Crippen molar-refractivity contribution in [1.82, 2.24) is 4.31 Å². The molecule has 2 N–H and O–H groups in total. The number of benzene rings is 2. The van der Waals surface area contributed by atoms with Crippen LogP contribution in [-0.4, -0.2) is 25.8 Å². The Morgan fingerprint density at radius 3 is 2.17 bits per heavy atom. The molecule has 0 bridgehead atoms. The molecule has 124 valence electrons. The Morgan fingerprint density at radius 1 is 1.04 bits per heavy atom. The van der Waals surface area contributed by atoms with Crippen molar-refractivity contribution in [3.8, 4) is 11.5 Å². The van der Waals surface area contributed by atoms with Crippen LogP contribution in [0.3, 0.4) is 0 Å². The molecule has 2 aromatic rings. The Kier molecular flexibility index (Phi) is 5.28. The number of ether oxygens (including phenoxy) is 1. The highest BCUT2D eigenvalue weighted by molar-refractivity contribution is 7.89. The molecule has 2 aromatic carbocycles. The Labute approximate surface area is 137 Å². The number of anilines is 1. The summed E-state index contributed by atoms with van der Waals surface area (Å²) in [6.07, 6.45) is 0. The number of aryl methyl sites for hydroxylation is 1. The topological polar surface area (TPSA) is 72.6 Å². The van der Waals surface area contributed by atoms with E-state index in [2.05, 4.69) is 0 Å². The van der Waals surface area contributed by atoms with Crippen molar-refractivity contribution in [3.63, 3.8) is 0 Å². The molecule has 0 saturated carbocycles. The first-order chi connectivity index (χ1) is 10.9. The molecule has 0 aromatic heterocycles. The fraction of sp³-hybridized carbons (Fsp3) is 0.294. The monoisotopic (exact) mass is 334 g/mol. The third kappa shape index (κ3) is 3.83. The maximum Gasteiger partial charge on any atom is 0.243 e. The lowest BCUT2D eigenvalue weighted by Crippen LogP contribution is -2.30. The molecule has 0 heterocycles. The van der Waals surface area contributed by atoms with Crippen molar-refractivity contribution in [2.45, 2.75) is 25.7 Å². The van der Waals surface area contributed by atoms with Gasteiger partial charge in [0.15, 0.2) is 0 Å². The van der Waals surface area contributed by atoms with Gasteiger partial charge in [0.2, 0.25) is 10.0 Å². The molecule has 0 aliphatic carbocycles. The van der Waals surface area contributed by atoms with Gasteiger partial charge < -0.3 is 10.5 Å². The Bertz CT molecular complexity index is 767. The Balaban J connectivity index is 2.29. The molecule has 0 aliphatic rings. The summed E-state index contributed by atoms with van der Waals surface area (Å²) in [5.41, 5.74) is 7.39. The van der Waals surface area contributed by atoms with Crippen molar-refractivity contribution in [1.29, 1.82) is 0 Å². The average molecular weight is 334 g/mol. The van der Waals surface area contributed by atoms with Gasteiger partial charge in [-0.1, -0.05) is 31.5 Å². The first-order valence-corrected chi connectivity index (χ1v) is 8.96. The lowest BCUT2D eigenvalue weighted by molar-refractivity contribution is 0.445. The number of hydrogen-bond acceptors (Lipinski definition) is 4. The fourth-order valence-electron chi connectivity index (χ4n) is 2.23. The fourth-order valence-corrected chi connectivity index (χ4v) is 3.72. The van der Waals surface area contributed by atoms with Crippen LogP contribution in [0.5, 0.6) is 11.5 Å². The standard InChI is InChI=1S/C17H22N2O3S/c1-4-19(5-2)23(20,21)15-10-11-17(16(18)12-15)22-14-8-6-13(3)7-9-14/h6-12H,4-5,18H2,1-3H3. The molecule has 0 atom stereocenters. The van der Waals surface area contributed by atoms with Crippen molar-refractivity contribution in [2.75, 3.05) is 18.8 Å². The van der Waals surface area contributed by atoms with Crippen LogP contribution in [-0.2, 0) is 10.0 Å². The van der Waals surface area contributed by atoms with E-state index in [4.69, 9.17) is 10.5 Å². The van der Waals surface area contributed by atoms with Crippen molar-refractivity contribution in [2.24, 2.45) is 0 Å². The van der Waals surface area contributed by atoms with E-state index in [1.54, 1.807) is 19.9 Å². The summed E-state index contributed by atoms with van der Waals surface area (Å²) in [6.45, 7) is 6.43. The predicted octanol–water partition coefficient (Wildman–Crippen LogP) is 3.40. The highest BCUT2D eigenvalue weighted by Gasteiger charge is 2.22. The minimum atomic E-state index is -3.52. The molecule has 5 nitrogen and oxygen atoms in total. The molecular weight excluding hydrogens is 312 g/mol. The summed E-state index contributed by atoms with van der Waals surface area (Å²) in [5, 5.41) is 0. The summed E-state index contributed by atoms with van der Waals surface area (Å²) >= 11 is 0. The van der Waals surface area contributed by atoms with Gasteiger partial charge in [-0.2, -0.15) is 4.31 Å². The van der Waals surface area contributed by atoms with Gasteiger partial charge in [0, 0.05) is 13.1 Å². The highest BCUT2D eigenvalue weighted by atomic mass is 32.2. The van der Waals surface area contributed by atoms with Gasteiger partial charge in [0.05, 0.1) is 10.6 Å². The van der Waals surface area contributed by atoms with Crippen LogP contribution < -0.4 is 10.5 Å². The first kappa shape index (κ1) is 17.3. The van der Waals surface area contributed by atoms with E-state index in [9.17, 15) is 8.42 Å². The molecule has 23 heavy (non-hydrogen) atoms. The van der Waals surface area contributed by atoms with E-state index in [0.717, 1.165) is 5.56 Å². The lowest BCUT2D eigenvalue weighted by Gasteiger charge is -2.19. The lowest BCUT2D eigenvalue weighted by atomic mass is 10.2. The Hall–Kier alpha value is -2.05. The normalized spacial score (nSPS) is 11.7. The maximum atomic E-state index is 12.5. The summed E-state index contributed by atoms with van der Waals surface area (Å²) in [5.74, 6) is 1.09. The van der Waals surface area contributed by atoms with Gasteiger partial charge in [-0.15, -0.1) is 0 Å². The molecule has 0 fully saturated rings. The summed E-state index contributed by atoms with van der Waals surface area (Å²) < 4.78 is 32.1. The molecular formula is C17H22N2O3S. The van der Waals surface area contributed by atoms with Gasteiger partial charge in [0.25, 0.3) is 0 Å². The van der Waals surface area contributed by atoms with Crippen LogP contribution in [0.1, 0.15) is 19.4 Å². The first-order valence-electron chi connectivity index (χ1n) is 7.52. The SMILES string of the molecule is CCN(CC)S(=O)(=O)c1ccc(Oc2ccc(C)cc2)c(N)c1. The second kappa shape index (κ2) is 7.02. The number of rotatable bonds is 6. The number of nitrogens with two attached hydrogens (primary N) is 1. The molecule has 0 amide bonds. The quantitative estimate of drug-likeness (QED) is 0.822. The summed E-state index contributed by atoms with van der Waals surface area (Å²) in [7, 11) is -3.52. The van der Waals surface area contributed by atoms with E-state index in [0.29, 0.717) is 30.3 Å². The minimum Gasteiger partial charge on any atom is -0.455 e. The second-order valence-corrected chi connectivity index (χ2v) is 7.14. The zero-order chi connectivity index (χ0) is 17.0. The highest BCUT2D eigenvalue weighted by Crippen LogP contribution is 2.30. The van der Waals surface area contributed by atoms with Crippen LogP contribution in [0.25, 0.3) is 0 Å². The molecule has 6 heteroatoms. The van der Waals surface area contributed by atoms with Crippen molar-refractivity contribution in [3.05, 3.63) is 48.0 Å². The number of sulfonamides is 1. The third-order valence-corrected chi connectivity index (χ3v) is 5.62. The molecule has 0 spiro atoms. The van der Waals surface area contributed by atoms with Gasteiger partial charge in [0.1, 0.15) is 11.5 Å². The van der Waals surface area contributed by atoms with Gasteiger partial charge in [-0.25, -0.2) is 8.42 Å². The molecule has 0 unspecified atom stereocenters. The van der Waals surface area contributed by atoms with Gasteiger partial charge in [-0.3, -0.25) is 0 Å². The van der Waals surface area contributed by atoms with Crippen molar-refractivity contribution < 1.29 is 13.2 Å². The minimum absolute atomic E-state index is 0.176. The van der Waals surface area contributed by atoms with Crippen molar-refractivity contribution >= 4 is 15.7 Å². The predicted molar refractivity (Wildman–Crippen MR) is 92.2 cm³/mol. The molecule has 0 radical (unpaired) electrons. The number of nitrogen functional groups attached to an aromatic ring is 1. The Morgan fingerprint density at radius 2 is 1.65 bits per heavy atom. The van der Waals surface area contributed by atoms with E-state index in [-0.39, 0.29) is 4.90 Å². The third-order valence-electron chi connectivity index (χ3n) is 3.57. The maximum absolute atomic E-state index is 12.5. The summed E-state index contributed by atoms with van der Waals surface area (Å²) in [6, 6.07) is 12.1. The molecule has 0 saturated heterocycles. The van der Waals surface area contributed by atoms with E-state index in [1.165, 1.54) is 16.4 Å². The number of hydrogen-bond donors (Lipinski definition) is 1. The van der Waals surface area contributed by atoms with Crippen LogP contribution in [0.15, 0.2) is 47.4 Å². The van der Waals surface area contributed by atoms with Crippen LogP contribution in [0.4, 0.5) is 5.69 Å². The van der Waals surface area contributed by atoms with Crippen LogP contribution in [0.2, 0.25) is 0 Å². The largest absolute Gasteiger partial charge is 0.455 e. The summed E-state index contributed by atoms with van der Waals surface area (Å²) in [4.78, 5) is 0.176. The molecule has 2 rings (SSSR count). The van der Waals surface area contributed by atoms with E-state index >= 15 is 0 Å². The average Bonchev–Trinajstić information content (AvgIpc) is 2.52. The zero-order valence-corrected chi connectivity index (χ0v) is 14.4. The van der Waals surface area contributed by atoms with Gasteiger partial charge >= 0.3 is 0 Å². The number of nitrogens with zero attached hydrogens (tertiary/aromatic N) is 1. The second-order valence-electron chi connectivity index (χ2n) is 5.20. The molecule has 0 aliphatic heterocycles. The smallest absolute Gasteiger partial charge is 0.243 e. The van der Waals surface area contributed by atoms with E-state index in [1.807, 2.05) is 31.2 Å². The van der Waals surface area contributed by atoms with Crippen LogP contribution in [0, 0.1) is 6.92 Å². The van der Waals surface area contributed by atoms with Gasteiger partial charge in [-0.05, 0) is 37.3 Å².